The standard InChI is InChI=1S/C23H21N3O4S/c1-15-6-3-4-9-21(15)25-22(27)16(2)31-20-8-5-7-18(14-20)24-23(28)17-10-12-19(13-11-17)26(29)30/h3-14,16H,1-2H3,(H,24,28)(H,25,27). The minimum atomic E-state index is -0.515. The molecule has 2 amide bonds. The minimum Gasteiger partial charge on any atom is -0.325 e. The highest BCUT2D eigenvalue weighted by atomic mass is 32.2. The molecule has 3 aromatic carbocycles. The van der Waals surface area contributed by atoms with Gasteiger partial charge in [-0.15, -0.1) is 11.8 Å². The van der Waals surface area contributed by atoms with Crippen LogP contribution < -0.4 is 10.6 Å². The zero-order chi connectivity index (χ0) is 22.4. The topological polar surface area (TPSA) is 101 Å². The third-order valence-corrected chi connectivity index (χ3v) is 5.61. The first-order valence-electron chi connectivity index (χ1n) is 9.52. The molecular weight excluding hydrogens is 414 g/mol. The number of nitro groups is 1. The molecule has 0 spiro atoms. The van der Waals surface area contributed by atoms with Gasteiger partial charge in [0.25, 0.3) is 11.6 Å². The van der Waals surface area contributed by atoms with Gasteiger partial charge < -0.3 is 10.6 Å². The molecule has 3 aromatic rings. The second kappa shape index (κ2) is 9.90. The van der Waals surface area contributed by atoms with Crippen LogP contribution in [0.3, 0.4) is 0 Å². The van der Waals surface area contributed by atoms with Crippen molar-refractivity contribution in [2.45, 2.75) is 24.0 Å². The summed E-state index contributed by atoms with van der Waals surface area (Å²) >= 11 is 1.38. The Morgan fingerprint density at radius 2 is 1.68 bits per heavy atom. The van der Waals surface area contributed by atoms with Gasteiger partial charge in [-0.25, -0.2) is 0 Å². The Labute approximate surface area is 184 Å². The molecule has 31 heavy (non-hydrogen) atoms. The third-order valence-electron chi connectivity index (χ3n) is 4.52. The SMILES string of the molecule is Cc1ccccc1NC(=O)C(C)Sc1cccc(NC(=O)c2ccc([N+](=O)[O-])cc2)c1. The van der Waals surface area contributed by atoms with Crippen LogP contribution in [0.1, 0.15) is 22.8 Å². The molecule has 0 heterocycles. The van der Waals surface area contributed by atoms with Gasteiger partial charge in [-0.1, -0.05) is 24.3 Å². The van der Waals surface area contributed by atoms with Crippen molar-refractivity contribution in [3.05, 3.63) is 94.0 Å². The average molecular weight is 436 g/mol. The van der Waals surface area contributed by atoms with Gasteiger partial charge in [-0.2, -0.15) is 0 Å². The van der Waals surface area contributed by atoms with Crippen molar-refractivity contribution in [3.63, 3.8) is 0 Å². The van der Waals surface area contributed by atoms with Crippen LogP contribution in [0.5, 0.6) is 0 Å². The van der Waals surface area contributed by atoms with Gasteiger partial charge >= 0.3 is 0 Å². The predicted molar refractivity (Wildman–Crippen MR) is 123 cm³/mol. The first-order valence-corrected chi connectivity index (χ1v) is 10.4. The summed E-state index contributed by atoms with van der Waals surface area (Å²) in [5, 5.41) is 16.1. The molecule has 0 aliphatic heterocycles. The molecular formula is C23H21N3O4S. The number of aryl methyl sites for hydroxylation is 1. The number of para-hydroxylation sites is 1. The minimum absolute atomic E-state index is 0.0760. The monoisotopic (exact) mass is 435 g/mol. The highest BCUT2D eigenvalue weighted by Crippen LogP contribution is 2.27. The number of amides is 2. The number of non-ortho nitro benzene ring substituents is 1. The molecule has 0 aromatic heterocycles. The van der Waals surface area contributed by atoms with E-state index in [1.165, 1.54) is 36.0 Å². The van der Waals surface area contributed by atoms with Crippen molar-refractivity contribution >= 4 is 40.6 Å². The summed E-state index contributed by atoms with van der Waals surface area (Å²) in [5.74, 6) is -0.484. The highest BCUT2D eigenvalue weighted by Gasteiger charge is 2.16. The van der Waals surface area contributed by atoms with Crippen molar-refractivity contribution < 1.29 is 14.5 Å². The Bertz CT molecular complexity index is 1120. The second-order valence-corrected chi connectivity index (χ2v) is 8.26. The molecule has 0 aliphatic carbocycles. The summed E-state index contributed by atoms with van der Waals surface area (Å²) in [6.07, 6.45) is 0. The van der Waals surface area contributed by atoms with E-state index in [-0.39, 0.29) is 22.8 Å². The molecule has 0 fully saturated rings. The number of hydrogen-bond acceptors (Lipinski definition) is 5. The first kappa shape index (κ1) is 22.0. The molecule has 7 nitrogen and oxygen atoms in total. The summed E-state index contributed by atoms with van der Waals surface area (Å²) in [7, 11) is 0. The van der Waals surface area contributed by atoms with E-state index in [0.717, 1.165) is 16.1 Å². The van der Waals surface area contributed by atoms with E-state index < -0.39 is 4.92 Å². The molecule has 158 valence electrons. The van der Waals surface area contributed by atoms with E-state index in [1.54, 1.807) is 18.2 Å². The highest BCUT2D eigenvalue weighted by molar-refractivity contribution is 8.00. The molecule has 0 aliphatic rings. The van der Waals surface area contributed by atoms with Gasteiger partial charge in [0.2, 0.25) is 5.91 Å². The fourth-order valence-electron chi connectivity index (χ4n) is 2.79. The van der Waals surface area contributed by atoms with E-state index in [4.69, 9.17) is 0 Å². The maximum atomic E-state index is 12.5. The zero-order valence-electron chi connectivity index (χ0n) is 17.0. The van der Waals surface area contributed by atoms with Crippen molar-refractivity contribution in [1.82, 2.24) is 0 Å². The summed E-state index contributed by atoms with van der Waals surface area (Å²) in [5.41, 5.74) is 2.58. The van der Waals surface area contributed by atoms with Crippen molar-refractivity contribution in [2.24, 2.45) is 0 Å². The summed E-state index contributed by atoms with van der Waals surface area (Å²) < 4.78 is 0. The number of anilines is 2. The molecule has 3 rings (SSSR count). The van der Waals surface area contributed by atoms with E-state index in [1.807, 2.05) is 44.2 Å². The normalized spacial score (nSPS) is 11.4. The van der Waals surface area contributed by atoms with Crippen LogP contribution in [0.4, 0.5) is 17.1 Å². The number of nitrogens with zero attached hydrogens (tertiary/aromatic N) is 1. The fraction of sp³-hybridized carbons (Fsp3) is 0.130. The summed E-state index contributed by atoms with van der Waals surface area (Å²) in [4.78, 5) is 36.0. The van der Waals surface area contributed by atoms with E-state index in [9.17, 15) is 19.7 Å². The quantitative estimate of drug-likeness (QED) is 0.299. The zero-order valence-corrected chi connectivity index (χ0v) is 17.8. The molecule has 0 radical (unpaired) electrons. The number of carbonyl (C=O) groups excluding carboxylic acids is 2. The molecule has 0 bridgehead atoms. The molecule has 1 atom stereocenters. The van der Waals surface area contributed by atoms with Gasteiger partial charge in [0.15, 0.2) is 0 Å². The van der Waals surface area contributed by atoms with Crippen molar-refractivity contribution in [2.75, 3.05) is 10.6 Å². The fourth-order valence-corrected chi connectivity index (χ4v) is 3.72. The number of carbonyl (C=O) groups is 2. The molecule has 1 unspecified atom stereocenters. The largest absolute Gasteiger partial charge is 0.325 e. The number of nitrogens with one attached hydrogen (secondary N) is 2. The Morgan fingerprint density at radius 3 is 2.35 bits per heavy atom. The second-order valence-electron chi connectivity index (χ2n) is 6.85. The maximum Gasteiger partial charge on any atom is 0.269 e. The van der Waals surface area contributed by atoms with Gasteiger partial charge in [0.1, 0.15) is 0 Å². The lowest BCUT2D eigenvalue weighted by atomic mass is 10.2. The van der Waals surface area contributed by atoms with E-state index in [0.29, 0.717) is 11.3 Å². The van der Waals surface area contributed by atoms with Gasteiger partial charge in [0, 0.05) is 34.0 Å². The van der Waals surface area contributed by atoms with Crippen LogP contribution in [-0.2, 0) is 4.79 Å². The summed E-state index contributed by atoms with van der Waals surface area (Å²) in [6.45, 7) is 3.75. The van der Waals surface area contributed by atoms with Crippen LogP contribution in [0, 0.1) is 17.0 Å². The predicted octanol–water partition coefficient (Wildman–Crippen LogP) is 5.27. The summed E-state index contributed by atoms with van der Waals surface area (Å²) in [6, 6.07) is 20.2. The number of thioether (sulfide) groups is 1. The average Bonchev–Trinajstić information content (AvgIpc) is 2.75. The Kier molecular flexibility index (Phi) is 7.04. The lowest BCUT2D eigenvalue weighted by Crippen LogP contribution is -2.22. The van der Waals surface area contributed by atoms with Crippen LogP contribution in [-0.4, -0.2) is 22.0 Å². The van der Waals surface area contributed by atoms with Gasteiger partial charge in [0.05, 0.1) is 10.2 Å². The lowest BCUT2D eigenvalue weighted by Gasteiger charge is -2.14. The van der Waals surface area contributed by atoms with Crippen LogP contribution >= 0.6 is 11.8 Å². The molecule has 0 saturated heterocycles. The number of benzene rings is 3. The Balaban J connectivity index is 1.63. The van der Waals surface area contributed by atoms with Crippen LogP contribution in [0.25, 0.3) is 0 Å². The maximum absolute atomic E-state index is 12.5. The van der Waals surface area contributed by atoms with Crippen molar-refractivity contribution in [1.29, 1.82) is 0 Å². The Morgan fingerprint density at radius 1 is 0.968 bits per heavy atom. The van der Waals surface area contributed by atoms with Crippen LogP contribution in [0.2, 0.25) is 0 Å². The smallest absolute Gasteiger partial charge is 0.269 e. The lowest BCUT2D eigenvalue weighted by molar-refractivity contribution is -0.384. The van der Waals surface area contributed by atoms with E-state index in [2.05, 4.69) is 10.6 Å². The third kappa shape index (κ3) is 5.93. The number of hydrogen-bond donors (Lipinski definition) is 2. The number of nitro benzene ring substituents is 1. The Hall–Kier alpha value is -3.65. The van der Waals surface area contributed by atoms with Gasteiger partial charge in [-0.3, -0.25) is 19.7 Å². The molecule has 2 N–H and O–H groups in total. The molecule has 8 heteroatoms. The van der Waals surface area contributed by atoms with E-state index >= 15 is 0 Å². The van der Waals surface area contributed by atoms with Crippen LogP contribution in [0.15, 0.2) is 77.7 Å². The molecule has 0 saturated carbocycles. The number of rotatable bonds is 7. The first-order chi connectivity index (χ1) is 14.8. The van der Waals surface area contributed by atoms with Gasteiger partial charge in [-0.05, 0) is 55.8 Å². The van der Waals surface area contributed by atoms with Crippen molar-refractivity contribution in [3.8, 4) is 0 Å².